The van der Waals surface area contributed by atoms with Crippen molar-refractivity contribution in [2.75, 3.05) is 26.7 Å². The predicted molar refractivity (Wildman–Crippen MR) is 82.4 cm³/mol. The Kier molecular flexibility index (Phi) is 5.44. The Labute approximate surface area is 123 Å². The van der Waals surface area contributed by atoms with Crippen LogP contribution in [0, 0.1) is 11.8 Å². The van der Waals surface area contributed by atoms with Crippen LogP contribution < -0.4 is 5.73 Å². The zero-order chi connectivity index (χ0) is 14.7. The van der Waals surface area contributed by atoms with E-state index in [-0.39, 0.29) is 12.0 Å². The molecule has 4 unspecified atom stereocenters. The van der Waals surface area contributed by atoms with E-state index >= 15 is 0 Å². The lowest BCUT2D eigenvalue weighted by Crippen LogP contribution is -2.48. The zero-order valence-corrected chi connectivity index (χ0v) is 13.3. The molecule has 0 bridgehead atoms. The number of hydrogen-bond acceptors (Lipinski definition) is 3. The van der Waals surface area contributed by atoms with E-state index in [4.69, 9.17) is 5.73 Å². The number of hydrogen-bond donors (Lipinski definition) is 1. The summed E-state index contributed by atoms with van der Waals surface area (Å²) in [5, 5.41) is 0. The molecule has 4 atom stereocenters. The third kappa shape index (κ3) is 3.34. The third-order valence-electron chi connectivity index (χ3n) is 5.45. The average molecular weight is 281 g/mol. The van der Waals surface area contributed by atoms with Crippen molar-refractivity contribution in [3.8, 4) is 0 Å². The summed E-state index contributed by atoms with van der Waals surface area (Å²) in [6.07, 6.45) is 5.68. The first kappa shape index (κ1) is 15.8. The Morgan fingerprint density at radius 3 is 2.75 bits per heavy atom. The first-order valence-electron chi connectivity index (χ1n) is 8.29. The number of likely N-dealkylation sites (N-methyl/N-ethyl adjacent to an activating group) is 2. The fourth-order valence-corrected chi connectivity index (χ4v) is 3.95. The second-order valence-electron chi connectivity index (χ2n) is 6.70. The maximum Gasteiger partial charge on any atom is 0.225 e. The maximum absolute atomic E-state index is 12.7. The van der Waals surface area contributed by atoms with Crippen LogP contribution in [0.1, 0.15) is 46.0 Å². The lowest BCUT2D eigenvalue weighted by atomic mass is 9.76. The predicted octanol–water partition coefficient (Wildman–Crippen LogP) is 1.69. The van der Waals surface area contributed by atoms with Crippen LogP contribution in [0.15, 0.2) is 0 Å². The molecule has 116 valence electrons. The first-order valence-corrected chi connectivity index (χ1v) is 8.29. The molecular formula is C16H31N3O. The fraction of sp³-hybridized carbons (Fsp3) is 0.938. The Hall–Kier alpha value is -0.610. The summed E-state index contributed by atoms with van der Waals surface area (Å²) in [6, 6.07) is 0.756. The van der Waals surface area contributed by atoms with Crippen LogP contribution >= 0.6 is 0 Å². The molecule has 4 heteroatoms. The highest BCUT2D eigenvalue weighted by molar-refractivity contribution is 5.79. The van der Waals surface area contributed by atoms with E-state index in [1.54, 1.807) is 0 Å². The second-order valence-corrected chi connectivity index (χ2v) is 6.70. The minimum atomic E-state index is 0.139. The van der Waals surface area contributed by atoms with Gasteiger partial charge in [0.2, 0.25) is 5.91 Å². The molecule has 1 heterocycles. The Morgan fingerprint density at radius 2 is 2.05 bits per heavy atom. The van der Waals surface area contributed by atoms with E-state index in [9.17, 15) is 4.79 Å². The molecule has 1 amide bonds. The van der Waals surface area contributed by atoms with Gasteiger partial charge in [-0.25, -0.2) is 0 Å². The minimum Gasteiger partial charge on any atom is -0.344 e. The highest BCUT2D eigenvalue weighted by Gasteiger charge is 2.35. The molecule has 2 rings (SSSR count). The van der Waals surface area contributed by atoms with Crippen LogP contribution in [-0.4, -0.2) is 54.5 Å². The van der Waals surface area contributed by atoms with Crippen LogP contribution in [-0.2, 0) is 4.79 Å². The average Bonchev–Trinajstić information content (AvgIpc) is 2.88. The minimum absolute atomic E-state index is 0.139. The molecule has 0 aromatic carbocycles. The van der Waals surface area contributed by atoms with Gasteiger partial charge in [-0.15, -0.1) is 0 Å². The molecular weight excluding hydrogens is 250 g/mol. The number of nitrogens with zero attached hydrogens (tertiary/aromatic N) is 2. The van der Waals surface area contributed by atoms with Crippen LogP contribution in [0.2, 0.25) is 0 Å². The molecule has 2 aliphatic rings. The topological polar surface area (TPSA) is 49.6 Å². The summed E-state index contributed by atoms with van der Waals surface area (Å²) in [5.41, 5.74) is 6.13. The van der Waals surface area contributed by atoms with Crippen molar-refractivity contribution in [1.82, 2.24) is 9.80 Å². The van der Waals surface area contributed by atoms with Crippen molar-refractivity contribution in [2.24, 2.45) is 17.6 Å². The zero-order valence-electron chi connectivity index (χ0n) is 13.3. The van der Waals surface area contributed by atoms with Gasteiger partial charge in [0.1, 0.15) is 0 Å². The molecule has 2 N–H and O–H groups in total. The van der Waals surface area contributed by atoms with Gasteiger partial charge >= 0.3 is 0 Å². The number of nitrogens with two attached hydrogens (primary N) is 1. The molecule has 0 aromatic heterocycles. The Balaban J connectivity index is 1.91. The molecule has 0 spiro atoms. The molecule has 0 aromatic rings. The summed E-state index contributed by atoms with van der Waals surface area (Å²) in [4.78, 5) is 17.2. The number of rotatable bonds is 4. The summed E-state index contributed by atoms with van der Waals surface area (Å²) >= 11 is 0. The normalized spacial score (nSPS) is 35.2. The van der Waals surface area contributed by atoms with Gasteiger partial charge in [-0.3, -0.25) is 9.69 Å². The number of carbonyl (C=O) groups excluding carboxylic acids is 1. The van der Waals surface area contributed by atoms with Crippen LogP contribution in [0.5, 0.6) is 0 Å². The Morgan fingerprint density at radius 1 is 1.30 bits per heavy atom. The van der Waals surface area contributed by atoms with Gasteiger partial charge in [0.25, 0.3) is 0 Å². The molecule has 1 saturated heterocycles. The van der Waals surface area contributed by atoms with E-state index in [0.717, 1.165) is 32.4 Å². The summed E-state index contributed by atoms with van der Waals surface area (Å²) < 4.78 is 0. The van der Waals surface area contributed by atoms with E-state index in [1.807, 2.05) is 11.9 Å². The highest BCUT2D eigenvalue weighted by Crippen LogP contribution is 2.30. The van der Waals surface area contributed by atoms with Crippen molar-refractivity contribution in [3.05, 3.63) is 0 Å². The van der Waals surface area contributed by atoms with Crippen LogP contribution in [0.4, 0.5) is 0 Å². The Bertz CT molecular complexity index is 334. The first-order chi connectivity index (χ1) is 9.54. The van der Waals surface area contributed by atoms with E-state index < -0.39 is 0 Å². The standard InChI is InChI=1S/C16H31N3O/c1-4-19-10-6-7-13(19)11-18(3)16(20)14-8-5-9-15(17)12(14)2/h12-15H,4-11,17H2,1-3H3. The van der Waals surface area contributed by atoms with Crippen molar-refractivity contribution in [3.63, 3.8) is 0 Å². The molecule has 0 radical (unpaired) electrons. The lowest BCUT2D eigenvalue weighted by molar-refractivity contribution is -0.137. The SMILES string of the molecule is CCN1CCCC1CN(C)C(=O)C1CCCC(N)C1C. The van der Waals surface area contributed by atoms with E-state index in [0.29, 0.717) is 17.9 Å². The van der Waals surface area contributed by atoms with Gasteiger partial charge < -0.3 is 10.6 Å². The number of amides is 1. The van der Waals surface area contributed by atoms with Gasteiger partial charge in [0.15, 0.2) is 0 Å². The van der Waals surface area contributed by atoms with Gasteiger partial charge in [0.05, 0.1) is 0 Å². The van der Waals surface area contributed by atoms with Crippen molar-refractivity contribution in [2.45, 2.75) is 58.0 Å². The maximum atomic E-state index is 12.7. The number of likely N-dealkylation sites (tertiary alicyclic amines) is 1. The molecule has 1 aliphatic carbocycles. The third-order valence-corrected chi connectivity index (χ3v) is 5.45. The van der Waals surface area contributed by atoms with Gasteiger partial charge in [-0.2, -0.15) is 0 Å². The lowest BCUT2D eigenvalue weighted by Gasteiger charge is -2.36. The highest BCUT2D eigenvalue weighted by atomic mass is 16.2. The van der Waals surface area contributed by atoms with E-state index in [1.165, 1.54) is 19.4 Å². The molecule has 1 saturated carbocycles. The fourth-order valence-electron chi connectivity index (χ4n) is 3.95. The summed E-state index contributed by atoms with van der Waals surface area (Å²) in [5.74, 6) is 0.778. The molecule has 1 aliphatic heterocycles. The van der Waals surface area contributed by atoms with Crippen LogP contribution in [0.3, 0.4) is 0 Å². The van der Waals surface area contributed by atoms with Gasteiger partial charge in [-0.05, 0) is 44.7 Å². The summed E-state index contributed by atoms with van der Waals surface area (Å²) in [6.45, 7) is 7.52. The van der Waals surface area contributed by atoms with Crippen LogP contribution in [0.25, 0.3) is 0 Å². The van der Waals surface area contributed by atoms with Crippen molar-refractivity contribution >= 4 is 5.91 Å². The second kappa shape index (κ2) is 6.90. The molecule has 2 fully saturated rings. The van der Waals surface area contributed by atoms with Crippen molar-refractivity contribution < 1.29 is 4.79 Å². The molecule has 4 nitrogen and oxygen atoms in total. The van der Waals surface area contributed by atoms with Gasteiger partial charge in [-0.1, -0.05) is 20.3 Å². The number of carbonyl (C=O) groups is 1. The summed E-state index contributed by atoms with van der Waals surface area (Å²) in [7, 11) is 1.97. The molecule has 20 heavy (non-hydrogen) atoms. The quantitative estimate of drug-likeness (QED) is 0.853. The van der Waals surface area contributed by atoms with E-state index in [2.05, 4.69) is 18.7 Å². The smallest absolute Gasteiger partial charge is 0.225 e. The monoisotopic (exact) mass is 281 g/mol. The van der Waals surface area contributed by atoms with Gasteiger partial charge in [0, 0.05) is 31.6 Å². The van der Waals surface area contributed by atoms with Crippen molar-refractivity contribution in [1.29, 1.82) is 0 Å². The largest absolute Gasteiger partial charge is 0.344 e.